The fourth-order valence-electron chi connectivity index (χ4n) is 2.73. The van der Waals surface area contributed by atoms with Crippen molar-refractivity contribution in [3.8, 4) is 6.07 Å². The molecule has 1 unspecified atom stereocenters. The van der Waals surface area contributed by atoms with Gasteiger partial charge >= 0.3 is 0 Å². The molecule has 3 rings (SSSR count). The molecule has 3 aromatic rings. The second-order valence-electron chi connectivity index (χ2n) is 5.34. The molecule has 1 atom stereocenters. The maximum atomic E-state index is 10.8. The molecule has 0 spiro atoms. The number of halogens is 1. The number of rotatable bonds is 4. The second kappa shape index (κ2) is 6.45. The van der Waals surface area contributed by atoms with E-state index in [-0.39, 0.29) is 6.54 Å². The Kier molecular flexibility index (Phi) is 4.37. The summed E-state index contributed by atoms with van der Waals surface area (Å²) in [5.74, 6) is 0. The van der Waals surface area contributed by atoms with Gasteiger partial charge in [-0.2, -0.15) is 5.26 Å². The highest BCUT2D eigenvalue weighted by Gasteiger charge is 2.20. The number of anilines is 1. The van der Waals surface area contributed by atoms with Gasteiger partial charge in [0.25, 0.3) is 0 Å². The molecule has 1 N–H and O–H groups in total. The molecule has 0 aliphatic rings. The Morgan fingerprint density at radius 3 is 2.65 bits per heavy atom. The maximum Gasteiger partial charge on any atom is 0.168 e. The Bertz CT molecular complexity index is 867. The summed E-state index contributed by atoms with van der Waals surface area (Å²) in [6.45, 7) is 0.195. The van der Waals surface area contributed by atoms with E-state index in [9.17, 15) is 5.11 Å². The van der Waals surface area contributed by atoms with Crippen molar-refractivity contribution in [1.29, 1.82) is 5.26 Å². The van der Waals surface area contributed by atoms with Gasteiger partial charge in [-0.05, 0) is 36.4 Å². The van der Waals surface area contributed by atoms with Crippen LogP contribution in [-0.2, 0) is 6.54 Å². The molecule has 2 aromatic carbocycles. The predicted octanol–water partition coefficient (Wildman–Crippen LogP) is 4.05. The van der Waals surface area contributed by atoms with E-state index < -0.39 is 6.23 Å². The van der Waals surface area contributed by atoms with Crippen LogP contribution in [0.1, 0.15) is 11.9 Å². The summed E-state index contributed by atoms with van der Waals surface area (Å²) in [6.07, 6.45) is -0.836. The van der Waals surface area contributed by atoms with Crippen LogP contribution in [0.15, 0.2) is 59.1 Å². The number of aliphatic hydroxyl groups is 1. The third-order valence-electron chi connectivity index (χ3n) is 3.92. The zero-order valence-electron chi connectivity index (χ0n) is 12.6. The highest BCUT2D eigenvalue weighted by Crippen LogP contribution is 2.30. The van der Waals surface area contributed by atoms with Crippen LogP contribution >= 0.6 is 15.9 Å². The molecule has 0 amide bonds. The third-order valence-corrected chi connectivity index (χ3v) is 4.41. The molecule has 0 saturated carbocycles. The number of benzene rings is 2. The van der Waals surface area contributed by atoms with Crippen LogP contribution in [0.3, 0.4) is 0 Å². The largest absolute Gasteiger partial charge is 0.368 e. The average molecular weight is 370 g/mol. The van der Waals surface area contributed by atoms with Crippen molar-refractivity contribution in [2.24, 2.45) is 0 Å². The van der Waals surface area contributed by atoms with E-state index in [1.54, 1.807) is 4.90 Å². The number of aliphatic hydroxyl groups excluding tert-OH is 1. The Morgan fingerprint density at radius 2 is 1.96 bits per heavy atom. The first-order valence-electron chi connectivity index (χ1n) is 7.23. The third kappa shape index (κ3) is 2.96. The summed E-state index contributed by atoms with van der Waals surface area (Å²) in [5.41, 5.74) is 2.55. The molecule has 0 saturated heterocycles. The van der Waals surface area contributed by atoms with Gasteiger partial charge in [-0.1, -0.05) is 34.1 Å². The lowest BCUT2D eigenvalue weighted by Crippen LogP contribution is -2.25. The zero-order chi connectivity index (χ0) is 16.4. The summed E-state index contributed by atoms with van der Waals surface area (Å²) in [6, 6.07) is 19.7. The lowest BCUT2D eigenvalue weighted by molar-refractivity contribution is 0.170. The quantitative estimate of drug-likeness (QED) is 0.705. The summed E-state index contributed by atoms with van der Waals surface area (Å²) < 4.78 is 2.82. The van der Waals surface area contributed by atoms with Crippen LogP contribution in [0.5, 0.6) is 0 Å². The SMILES string of the molecule is CN(c1ccccc1)C(O)c1cc2cc(Br)ccc2n1CC#N. The Labute approximate surface area is 143 Å². The smallest absolute Gasteiger partial charge is 0.168 e. The van der Waals surface area contributed by atoms with E-state index in [4.69, 9.17) is 5.26 Å². The van der Waals surface area contributed by atoms with Crippen molar-refractivity contribution < 1.29 is 5.11 Å². The van der Waals surface area contributed by atoms with Crippen LogP contribution in [0.2, 0.25) is 0 Å². The Hall–Kier alpha value is -2.29. The summed E-state index contributed by atoms with van der Waals surface area (Å²) >= 11 is 3.46. The molecule has 116 valence electrons. The number of fused-ring (bicyclic) bond motifs is 1. The number of nitrogens with zero attached hydrogens (tertiary/aromatic N) is 3. The first-order valence-corrected chi connectivity index (χ1v) is 8.02. The van der Waals surface area contributed by atoms with Gasteiger partial charge in [-0.15, -0.1) is 0 Å². The van der Waals surface area contributed by atoms with Gasteiger partial charge in [0.1, 0.15) is 6.54 Å². The molecule has 0 aliphatic carbocycles. The van der Waals surface area contributed by atoms with E-state index in [0.717, 1.165) is 21.1 Å². The number of hydrogen-bond donors (Lipinski definition) is 1. The fourth-order valence-corrected chi connectivity index (χ4v) is 3.11. The summed E-state index contributed by atoms with van der Waals surface area (Å²) in [4.78, 5) is 1.79. The van der Waals surface area contributed by atoms with Gasteiger partial charge in [-0.25, -0.2) is 0 Å². The predicted molar refractivity (Wildman–Crippen MR) is 95.1 cm³/mol. The van der Waals surface area contributed by atoms with Gasteiger partial charge in [-0.3, -0.25) is 0 Å². The molecular weight excluding hydrogens is 354 g/mol. The normalized spacial score (nSPS) is 12.1. The van der Waals surface area contributed by atoms with Gasteiger partial charge < -0.3 is 14.6 Å². The molecule has 0 aliphatic heterocycles. The molecule has 0 fully saturated rings. The van der Waals surface area contributed by atoms with E-state index in [0.29, 0.717) is 5.69 Å². The van der Waals surface area contributed by atoms with Gasteiger partial charge in [0.2, 0.25) is 0 Å². The first-order chi connectivity index (χ1) is 11.1. The van der Waals surface area contributed by atoms with Crippen LogP contribution in [-0.4, -0.2) is 16.7 Å². The lowest BCUT2D eigenvalue weighted by atomic mass is 10.2. The fraction of sp³-hybridized carbons (Fsp3) is 0.167. The number of hydrogen-bond acceptors (Lipinski definition) is 3. The van der Waals surface area contributed by atoms with Crippen LogP contribution < -0.4 is 4.90 Å². The topological polar surface area (TPSA) is 52.2 Å². The van der Waals surface area contributed by atoms with Crippen molar-refractivity contribution in [2.45, 2.75) is 12.8 Å². The average Bonchev–Trinajstić information content (AvgIpc) is 2.92. The molecule has 0 radical (unpaired) electrons. The van der Waals surface area contributed by atoms with Gasteiger partial charge in [0.05, 0.1) is 11.8 Å². The first kappa shape index (κ1) is 15.6. The Balaban J connectivity index is 2.07. The molecule has 0 bridgehead atoms. The summed E-state index contributed by atoms with van der Waals surface area (Å²) in [5, 5.41) is 20.9. The monoisotopic (exact) mass is 369 g/mol. The summed E-state index contributed by atoms with van der Waals surface area (Å²) in [7, 11) is 1.84. The van der Waals surface area contributed by atoms with E-state index in [1.165, 1.54) is 0 Å². The van der Waals surface area contributed by atoms with Gasteiger partial charge in [0.15, 0.2) is 6.23 Å². The number of para-hydroxylation sites is 1. The van der Waals surface area contributed by atoms with Crippen molar-refractivity contribution in [1.82, 2.24) is 4.57 Å². The molecular formula is C18H16BrN3O. The van der Waals surface area contributed by atoms with Crippen LogP contribution in [0, 0.1) is 11.3 Å². The van der Waals surface area contributed by atoms with Crippen molar-refractivity contribution in [3.05, 3.63) is 64.8 Å². The molecule has 1 heterocycles. The molecule has 1 aromatic heterocycles. The van der Waals surface area contributed by atoms with Crippen molar-refractivity contribution in [3.63, 3.8) is 0 Å². The molecule has 23 heavy (non-hydrogen) atoms. The highest BCUT2D eigenvalue weighted by atomic mass is 79.9. The minimum Gasteiger partial charge on any atom is -0.368 e. The number of aromatic nitrogens is 1. The minimum absolute atomic E-state index is 0.195. The van der Waals surface area contributed by atoms with E-state index in [1.807, 2.05) is 66.2 Å². The molecule has 5 heteroatoms. The van der Waals surface area contributed by atoms with Crippen molar-refractivity contribution >= 4 is 32.5 Å². The van der Waals surface area contributed by atoms with Crippen LogP contribution in [0.25, 0.3) is 10.9 Å². The Morgan fingerprint density at radius 1 is 1.22 bits per heavy atom. The molecule has 4 nitrogen and oxygen atoms in total. The standard InChI is InChI=1S/C18H16BrN3O/c1-21(15-5-3-2-4-6-15)18(23)17-12-13-11-14(19)7-8-16(13)22(17)10-9-20/h2-8,11-12,18,23H,10H2,1H3. The van der Waals surface area contributed by atoms with Crippen molar-refractivity contribution in [2.75, 3.05) is 11.9 Å². The van der Waals surface area contributed by atoms with E-state index in [2.05, 4.69) is 22.0 Å². The maximum absolute atomic E-state index is 10.8. The number of nitriles is 1. The van der Waals surface area contributed by atoms with Crippen LogP contribution in [0.4, 0.5) is 5.69 Å². The lowest BCUT2D eigenvalue weighted by Gasteiger charge is -2.26. The van der Waals surface area contributed by atoms with Gasteiger partial charge in [0, 0.05) is 28.1 Å². The zero-order valence-corrected chi connectivity index (χ0v) is 14.2. The van der Waals surface area contributed by atoms with E-state index >= 15 is 0 Å². The second-order valence-corrected chi connectivity index (χ2v) is 6.25. The highest BCUT2D eigenvalue weighted by molar-refractivity contribution is 9.10. The minimum atomic E-state index is -0.836.